The maximum Gasteiger partial charge on any atom is 0.284 e. The van der Waals surface area contributed by atoms with Gasteiger partial charge in [0.25, 0.3) is 5.91 Å². The molecule has 1 aliphatic carbocycles. The number of nitrogens with one attached hydrogen (secondary N) is 2. The number of aryl methyl sites for hydroxylation is 1. The third-order valence-corrected chi connectivity index (χ3v) is 7.28. The molecule has 1 saturated heterocycles. The van der Waals surface area contributed by atoms with Crippen LogP contribution in [-0.4, -0.2) is 41.5 Å². The Bertz CT molecular complexity index is 1120. The number of hydrogen-bond acceptors (Lipinski definition) is 5. The zero-order chi connectivity index (χ0) is 21.2. The van der Waals surface area contributed by atoms with Crippen LogP contribution in [0.4, 0.5) is 5.69 Å². The predicted octanol–water partition coefficient (Wildman–Crippen LogP) is 4.14. The summed E-state index contributed by atoms with van der Waals surface area (Å²) in [7, 11) is 0. The number of carbonyl (C=O) groups excluding carboxylic acids is 2. The lowest BCUT2D eigenvalue weighted by molar-refractivity contribution is -0.123. The molecule has 1 fully saturated rings. The van der Waals surface area contributed by atoms with Crippen molar-refractivity contribution in [2.24, 2.45) is 0 Å². The van der Waals surface area contributed by atoms with Crippen LogP contribution in [0.1, 0.15) is 52.0 Å². The van der Waals surface area contributed by atoms with E-state index in [1.54, 1.807) is 0 Å². The molecule has 2 aliphatic rings. The van der Waals surface area contributed by atoms with E-state index in [9.17, 15) is 9.59 Å². The summed E-state index contributed by atoms with van der Waals surface area (Å²) < 4.78 is 0. The number of fused-ring (bicyclic) bond motifs is 2. The zero-order valence-electron chi connectivity index (χ0n) is 17.4. The van der Waals surface area contributed by atoms with Crippen LogP contribution in [0.3, 0.4) is 0 Å². The first kappa shape index (κ1) is 20.2. The van der Waals surface area contributed by atoms with Crippen molar-refractivity contribution in [3.63, 3.8) is 0 Å². The third kappa shape index (κ3) is 4.34. The topological polar surface area (TPSA) is 74.3 Å². The Morgan fingerprint density at radius 1 is 1.06 bits per heavy atom. The molecule has 1 aliphatic heterocycles. The maximum absolute atomic E-state index is 12.9. The minimum atomic E-state index is -0.259. The number of benzene rings is 2. The average molecular weight is 435 g/mol. The Labute approximate surface area is 185 Å². The smallest absolute Gasteiger partial charge is 0.284 e. The van der Waals surface area contributed by atoms with Crippen molar-refractivity contribution in [3.8, 4) is 0 Å². The molecular weight excluding hydrogens is 408 g/mol. The van der Waals surface area contributed by atoms with E-state index in [-0.39, 0.29) is 17.7 Å². The van der Waals surface area contributed by atoms with Crippen molar-refractivity contribution in [3.05, 3.63) is 58.0 Å². The number of anilines is 1. The van der Waals surface area contributed by atoms with Crippen LogP contribution in [0.2, 0.25) is 0 Å². The van der Waals surface area contributed by atoms with Gasteiger partial charge in [0.2, 0.25) is 5.91 Å². The number of aromatic nitrogens is 1. The Morgan fingerprint density at radius 2 is 1.87 bits per heavy atom. The van der Waals surface area contributed by atoms with Crippen LogP contribution in [0, 0.1) is 0 Å². The SMILES string of the molecule is O=C(Nc1ccc2ccccc2c1)c1nc2c(s1)CCCC2C(=O)NCN1CCCC1. The minimum Gasteiger partial charge on any atom is -0.343 e. The molecule has 1 unspecified atom stereocenters. The van der Waals surface area contributed by atoms with Gasteiger partial charge in [-0.15, -0.1) is 11.3 Å². The van der Waals surface area contributed by atoms with E-state index in [1.807, 2.05) is 42.5 Å². The Hall–Kier alpha value is -2.77. The maximum atomic E-state index is 12.9. The van der Waals surface area contributed by atoms with Crippen molar-refractivity contribution in [2.75, 3.05) is 25.1 Å². The van der Waals surface area contributed by atoms with Crippen molar-refractivity contribution in [1.82, 2.24) is 15.2 Å². The van der Waals surface area contributed by atoms with E-state index >= 15 is 0 Å². The van der Waals surface area contributed by atoms with Crippen LogP contribution in [-0.2, 0) is 11.2 Å². The molecule has 2 aromatic carbocycles. The van der Waals surface area contributed by atoms with Crippen molar-refractivity contribution >= 4 is 39.6 Å². The second-order valence-corrected chi connectivity index (χ2v) is 9.40. The number of rotatable bonds is 5. The third-order valence-electron chi connectivity index (χ3n) is 6.15. The van der Waals surface area contributed by atoms with Gasteiger partial charge in [0.15, 0.2) is 5.01 Å². The molecule has 31 heavy (non-hydrogen) atoms. The second-order valence-electron chi connectivity index (χ2n) is 8.31. The lowest BCUT2D eigenvalue weighted by atomic mass is 9.90. The van der Waals surface area contributed by atoms with Gasteiger partial charge < -0.3 is 10.6 Å². The molecule has 0 saturated carbocycles. The fourth-order valence-corrected chi connectivity index (χ4v) is 5.54. The second kappa shape index (κ2) is 8.77. The summed E-state index contributed by atoms with van der Waals surface area (Å²) in [6.07, 6.45) is 5.01. The largest absolute Gasteiger partial charge is 0.343 e. The first-order valence-electron chi connectivity index (χ1n) is 11.0. The molecule has 5 rings (SSSR count). The molecule has 0 spiro atoms. The summed E-state index contributed by atoms with van der Waals surface area (Å²) in [5, 5.41) is 8.69. The van der Waals surface area contributed by atoms with E-state index in [4.69, 9.17) is 0 Å². The lowest BCUT2D eigenvalue weighted by Gasteiger charge is -2.22. The Morgan fingerprint density at radius 3 is 2.71 bits per heavy atom. The molecule has 3 aromatic rings. The highest BCUT2D eigenvalue weighted by molar-refractivity contribution is 7.13. The van der Waals surface area contributed by atoms with E-state index in [0.29, 0.717) is 11.7 Å². The first-order valence-corrected chi connectivity index (χ1v) is 11.8. The Balaban J connectivity index is 1.29. The average Bonchev–Trinajstić information content (AvgIpc) is 3.47. The normalized spacial score (nSPS) is 18.6. The summed E-state index contributed by atoms with van der Waals surface area (Å²) in [6.45, 7) is 2.70. The van der Waals surface area contributed by atoms with Crippen molar-refractivity contribution in [1.29, 1.82) is 0 Å². The van der Waals surface area contributed by atoms with E-state index in [0.717, 1.165) is 59.4 Å². The summed E-state index contributed by atoms with van der Waals surface area (Å²) in [5.41, 5.74) is 1.54. The highest BCUT2D eigenvalue weighted by atomic mass is 32.1. The van der Waals surface area contributed by atoms with Crippen LogP contribution in [0.25, 0.3) is 10.8 Å². The van der Waals surface area contributed by atoms with Gasteiger partial charge in [-0.1, -0.05) is 30.3 Å². The molecule has 6 nitrogen and oxygen atoms in total. The Kier molecular flexibility index (Phi) is 5.70. The molecule has 160 valence electrons. The summed E-state index contributed by atoms with van der Waals surface area (Å²) in [5.74, 6) is -0.449. The van der Waals surface area contributed by atoms with E-state index in [2.05, 4.69) is 20.5 Å². The number of thiazole rings is 1. The predicted molar refractivity (Wildman–Crippen MR) is 124 cm³/mol. The van der Waals surface area contributed by atoms with E-state index < -0.39 is 0 Å². The van der Waals surface area contributed by atoms with Crippen molar-refractivity contribution < 1.29 is 9.59 Å². The van der Waals surface area contributed by atoms with Gasteiger partial charge in [-0.05, 0) is 68.1 Å². The van der Waals surface area contributed by atoms with Gasteiger partial charge in [-0.2, -0.15) is 0 Å². The van der Waals surface area contributed by atoms with Crippen LogP contribution in [0.15, 0.2) is 42.5 Å². The fraction of sp³-hybridized carbons (Fsp3) is 0.375. The highest BCUT2D eigenvalue weighted by Gasteiger charge is 2.31. The number of carbonyl (C=O) groups is 2. The highest BCUT2D eigenvalue weighted by Crippen LogP contribution is 2.35. The van der Waals surface area contributed by atoms with Gasteiger partial charge in [0.05, 0.1) is 18.3 Å². The number of nitrogens with zero attached hydrogens (tertiary/aromatic N) is 2. The van der Waals surface area contributed by atoms with Gasteiger partial charge in [-0.3, -0.25) is 14.5 Å². The number of likely N-dealkylation sites (tertiary alicyclic amines) is 1. The fourth-order valence-electron chi connectivity index (χ4n) is 4.48. The van der Waals surface area contributed by atoms with E-state index in [1.165, 1.54) is 24.2 Å². The van der Waals surface area contributed by atoms with Gasteiger partial charge in [0, 0.05) is 10.6 Å². The zero-order valence-corrected chi connectivity index (χ0v) is 18.2. The molecule has 0 radical (unpaired) electrons. The molecule has 7 heteroatoms. The minimum absolute atomic E-state index is 0.0274. The van der Waals surface area contributed by atoms with Crippen LogP contribution >= 0.6 is 11.3 Å². The monoisotopic (exact) mass is 434 g/mol. The molecule has 1 aromatic heterocycles. The van der Waals surface area contributed by atoms with Gasteiger partial charge in [0.1, 0.15) is 0 Å². The van der Waals surface area contributed by atoms with Crippen LogP contribution in [0.5, 0.6) is 0 Å². The summed E-state index contributed by atoms with van der Waals surface area (Å²) in [4.78, 5) is 33.7. The molecule has 1 atom stereocenters. The summed E-state index contributed by atoms with van der Waals surface area (Å²) in [6, 6.07) is 13.9. The number of hydrogen-bond donors (Lipinski definition) is 2. The lowest BCUT2D eigenvalue weighted by Crippen LogP contribution is -2.39. The number of amides is 2. The van der Waals surface area contributed by atoms with Gasteiger partial charge in [-0.25, -0.2) is 4.98 Å². The quantitative estimate of drug-likeness (QED) is 0.633. The van der Waals surface area contributed by atoms with Crippen LogP contribution < -0.4 is 10.6 Å². The molecule has 2 heterocycles. The van der Waals surface area contributed by atoms with Gasteiger partial charge >= 0.3 is 0 Å². The standard InChI is InChI=1S/C24H26N4O2S/c29-22(25-15-28-12-3-4-13-28)19-8-5-9-20-21(19)27-24(31-20)23(30)26-18-11-10-16-6-1-2-7-17(16)14-18/h1-2,6-7,10-11,14,19H,3-5,8-9,12-13,15H2,(H,25,29)(H,26,30). The van der Waals surface area contributed by atoms with Crippen molar-refractivity contribution in [2.45, 2.75) is 38.0 Å². The first-order chi connectivity index (χ1) is 15.2. The summed E-state index contributed by atoms with van der Waals surface area (Å²) >= 11 is 1.42. The molecule has 0 bridgehead atoms. The molecule has 2 N–H and O–H groups in total. The molecule has 2 amide bonds. The molecular formula is C24H26N4O2S.